The summed E-state index contributed by atoms with van der Waals surface area (Å²) in [6.07, 6.45) is 5.84. The molecule has 0 aliphatic carbocycles. The Morgan fingerprint density at radius 1 is 1.36 bits per heavy atom. The minimum Gasteiger partial charge on any atom is -0.357 e. The molecule has 0 fully saturated rings. The number of rotatable bonds is 4. The van der Waals surface area contributed by atoms with Crippen molar-refractivity contribution in [3.8, 4) is 11.3 Å². The molecule has 1 N–H and O–H groups in total. The molecule has 0 saturated heterocycles. The van der Waals surface area contributed by atoms with Crippen LogP contribution in [0.3, 0.4) is 0 Å². The van der Waals surface area contributed by atoms with E-state index >= 15 is 0 Å². The van der Waals surface area contributed by atoms with Gasteiger partial charge in [-0.2, -0.15) is 0 Å². The number of anilines is 1. The monoisotopic (exact) mass is 299 g/mol. The Hall–Kier alpha value is -2.50. The van der Waals surface area contributed by atoms with E-state index in [0.29, 0.717) is 11.6 Å². The summed E-state index contributed by atoms with van der Waals surface area (Å²) in [5.74, 6) is -0.0456. The van der Waals surface area contributed by atoms with Crippen LogP contribution in [0, 0.1) is 5.82 Å². The molecule has 22 heavy (non-hydrogen) atoms. The van der Waals surface area contributed by atoms with Gasteiger partial charge < -0.3 is 9.88 Å². The Kier molecular flexibility index (Phi) is 3.75. The molecule has 0 saturated carbocycles. The summed E-state index contributed by atoms with van der Waals surface area (Å²) < 4.78 is 16.3. The van der Waals surface area contributed by atoms with Gasteiger partial charge in [-0.25, -0.2) is 19.3 Å². The lowest BCUT2D eigenvalue weighted by molar-refractivity contribution is 0.545. The number of fused-ring (bicyclic) bond motifs is 1. The first-order valence-corrected chi connectivity index (χ1v) is 7.32. The van der Waals surface area contributed by atoms with Crippen molar-refractivity contribution >= 4 is 17.0 Å². The lowest BCUT2D eigenvalue weighted by Crippen LogP contribution is -2.02. The van der Waals surface area contributed by atoms with E-state index in [-0.39, 0.29) is 6.04 Å². The van der Waals surface area contributed by atoms with Gasteiger partial charge in [0.2, 0.25) is 5.95 Å². The van der Waals surface area contributed by atoms with E-state index in [2.05, 4.69) is 38.7 Å². The zero-order chi connectivity index (χ0) is 15.7. The summed E-state index contributed by atoms with van der Waals surface area (Å²) in [5.41, 5.74) is 1.87. The van der Waals surface area contributed by atoms with Crippen molar-refractivity contribution in [2.45, 2.75) is 26.3 Å². The lowest BCUT2D eigenvalue weighted by atomic mass is 10.1. The van der Waals surface area contributed by atoms with E-state index in [4.69, 9.17) is 0 Å². The normalized spacial score (nSPS) is 12.5. The third-order valence-corrected chi connectivity index (χ3v) is 3.88. The summed E-state index contributed by atoms with van der Waals surface area (Å²) in [5, 5.41) is 3.73. The van der Waals surface area contributed by atoms with Crippen molar-refractivity contribution < 1.29 is 4.39 Å². The maximum absolute atomic E-state index is 14.2. The molecular formula is C16H18FN5. The number of pyridine rings is 1. The first-order chi connectivity index (χ1) is 10.7. The standard InChI is InChI=1S/C16H18FN5/c1-4-10(2)22-9-12(11-6-5-7-19-15(11)22)14-13(17)8-20-16(18-3)21-14/h5-10H,4H2,1-3H3,(H,18,20,21). The number of aromatic nitrogens is 4. The van der Waals surface area contributed by atoms with Crippen LogP contribution in [-0.2, 0) is 0 Å². The topological polar surface area (TPSA) is 55.6 Å². The molecule has 0 amide bonds. The van der Waals surface area contributed by atoms with Gasteiger partial charge in [-0.15, -0.1) is 0 Å². The van der Waals surface area contributed by atoms with Gasteiger partial charge in [0.05, 0.1) is 6.20 Å². The first kappa shape index (κ1) is 14.4. The first-order valence-electron chi connectivity index (χ1n) is 7.32. The van der Waals surface area contributed by atoms with Gasteiger partial charge in [0.25, 0.3) is 0 Å². The zero-order valence-electron chi connectivity index (χ0n) is 12.8. The minimum atomic E-state index is -0.439. The molecule has 3 heterocycles. The molecule has 0 aliphatic rings. The van der Waals surface area contributed by atoms with Gasteiger partial charge in [-0.1, -0.05) is 6.92 Å². The molecule has 3 aromatic rings. The summed E-state index contributed by atoms with van der Waals surface area (Å²) in [4.78, 5) is 12.6. The van der Waals surface area contributed by atoms with E-state index < -0.39 is 5.82 Å². The predicted octanol–water partition coefficient (Wildman–Crippen LogP) is 3.65. The highest BCUT2D eigenvalue weighted by molar-refractivity contribution is 5.93. The highest BCUT2D eigenvalue weighted by atomic mass is 19.1. The molecule has 0 spiro atoms. The molecule has 0 aliphatic heterocycles. The SMILES string of the molecule is CCC(C)n1cc(-c2nc(NC)ncc2F)c2cccnc21. The molecule has 0 radical (unpaired) electrons. The van der Waals surface area contributed by atoms with Gasteiger partial charge >= 0.3 is 0 Å². The third-order valence-electron chi connectivity index (χ3n) is 3.88. The van der Waals surface area contributed by atoms with E-state index in [1.807, 2.05) is 18.3 Å². The molecule has 114 valence electrons. The van der Waals surface area contributed by atoms with Gasteiger partial charge in [-0.05, 0) is 25.5 Å². The van der Waals surface area contributed by atoms with Crippen LogP contribution >= 0.6 is 0 Å². The fourth-order valence-electron chi connectivity index (χ4n) is 2.48. The number of nitrogens with zero attached hydrogens (tertiary/aromatic N) is 4. The number of nitrogens with one attached hydrogen (secondary N) is 1. The minimum absolute atomic E-state index is 0.278. The highest BCUT2D eigenvalue weighted by Gasteiger charge is 2.18. The van der Waals surface area contributed by atoms with Crippen LogP contribution in [0.1, 0.15) is 26.3 Å². The smallest absolute Gasteiger partial charge is 0.223 e. The molecule has 0 aromatic carbocycles. The van der Waals surface area contributed by atoms with Crippen LogP contribution in [-0.4, -0.2) is 26.6 Å². The summed E-state index contributed by atoms with van der Waals surface area (Å²) in [7, 11) is 1.71. The number of halogens is 1. The van der Waals surface area contributed by atoms with Gasteiger partial charge in [0.1, 0.15) is 11.3 Å². The van der Waals surface area contributed by atoms with Crippen LogP contribution in [0.25, 0.3) is 22.3 Å². The maximum atomic E-state index is 14.2. The molecule has 3 aromatic heterocycles. The van der Waals surface area contributed by atoms with E-state index in [1.54, 1.807) is 13.2 Å². The molecule has 3 rings (SSSR count). The average molecular weight is 299 g/mol. The van der Waals surface area contributed by atoms with Crippen molar-refractivity contribution in [3.05, 3.63) is 36.5 Å². The van der Waals surface area contributed by atoms with Gasteiger partial charge in [-0.3, -0.25) is 0 Å². The van der Waals surface area contributed by atoms with Crippen LogP contribution in [0.2, 0.25) is 0 Å². The molecule has 1 unspecified atom stereocenters. The van der Waals surface area contributed by atoms with E-state index in [0.717, 1.165) is 23.0 Å². The quantitative estimate of drug-likeness (QED) is 0.799. The van der Waals surface area contributed by atoms with Crippen LogP contribution in [0.4, 0.5) is 10.3 Å². The zero-order valence-corrected chi connectivity index (χ0v) is 12.8. The van der Waals surface area contributed by atoms with Crippen molar-refractivity contribution in [2.24, 2.45) is 0 Å². The van der Waals surface area contributed by atoms with Crippen molar-refractivity contribution in [1.29, 1.82) is 0 Å². The molecular weight excluding hydrogens is 281 g/mol. The van der Waals surface area contributed by atoms with Gasteiger partial charge in [0, 0.05) is 36.4 Å². The number of hydrogen-bond acceptors (Lipinski definition) is 4. The largest absolute Gasteiger partial charge is 0.357 e. The predicted molar refractivity (Wildman–Crippen MR) is 85.3 cm³/mol. The summed E-state index contributed by atoms with van der Waals surface area (Å²) in [6, 6.07) is 4.07. The summed E-state index contributed by atoms with van der Waals surface area (Å²) in [6.45, 7) is 4.23. The van der Waals surface area contributed by atoms with Crippen LogP contribution < -0.4 is 5.32 Å². The molecule has 1 atom stereocenters. The lowest BCUT2D eigenvalue weighted by Gasteiger charge is -2.11. The van der Waals surface area contributed by atoms with Crippen LogP contribution in [0.5, 0.6) is 0 Å². The Morgan fingerprint density at radius 2 is 2.18 bits per heavy atom. The second-order valence-corrected chi connectivity index (χ2v) is 5.22. The third kappa shape index (κ3) is 2.30. The van der Waals surface area contributed by atoms with Gasteiger partial charge in [0.15, 0.2) is 5.82 Å². The highest BCUT2D eigenvalue weighted by Crippen LogP contribution is 2.32. The van der Waals surface area contributed by atoms with Crippen molar-refractivity contribution in [1.82, 2.24) is 19.5 Å². The Bertz CT molecular complexity index is 811. The van der Waals surface area contributed by atoms with E-state index in [1.165, 1.54) is 6.20 Å². The van der Waals surface area contributed by atoms with Crippen LogP contribution in [0.15, 0.2) is 30.7 Å². The van der Waals surface area contributed by atoms with E-state index in [9.17, 15) is 4.39 Å². The molecule has 6 heteroatoms. The summed E-state index contributed by atoms with van der Waals surface area (Å²) >= 11 is 0. The molecule has 5 nitrogen and oxygen atoms in total. The molecule has 0 bridgehead atoms. The Labute approximate surface area is 128 Å². The second kappa shape index (κ2) is 5.71. The Morgan fingerprint density at radius 3 is 2.91 bits per heavy atom. The maximum Gasteiger partial charge on any atom is 0.223 e. The second-order valence-electron chi connectivity index (χ2n) is 5.22. The Balaban J connectivity index is 2.28. The number of hydrogen-bond donors (Lipinski definition) is 1. The fraction of sp³-hybridized carbons (Fsp3) is 0.312. The average Bonchev–Trinajstić information content (AvgIpc) is 2.94. The van der Waals surface area contributed by atoms with Crippen molar-refractivity contribution in [3.63, 3.8) is 0 Å². The van der Waals surface area contributed by atoms with Crippen molar-refractivity contribution in [2.75, 3.05) is 12.4 Å². The fourth-order valence-corrected chi connectivity index (χ4v) is 2.48.